The van der Waals surface area contributed by atoms with E-state index in [4.69, 9.17) is 9.47 Å². The lowest BCUT2D eigenvalue weighted by Gasteiger charge is -2.52. The molecule has 19 heavy (non-hydrogen) atoms. The fourth-order valence-electron chi connectivity index (χ4n) is 3.61. The number of likely N-dealkylation sites (tertiary alicyclic amines) is 1. The molecule has 1 aromatic rings. The molecule has 102 valence electrons. The van der Waals surface area contributed by atoms with Crippen molar-refractivity contribution in [1.29, 1.82) is 0 Å². The standard InChI is InChI=1S/C15H20N2O2/c1-4-15(8-16-5-1)9-17(10-15)7-12-2-3-13-14(6-12)19-11-18-13/h2-3,6,16H,1,4-5,7-11H2. The summed E-state index contributed by atoms with van der Waals surface area (Å²) in [6.45, 7) is 6.24. The average Bonchev–Trinajstić information content (AvgIpc) is 2.85. The zero-order valence-corrected chi connectivity index (χ0v) is 11.2. The topological polar surface area (TPSA) is 33.7 Å². The molecule has 0 bridgehead atoms. The smallest absolute Gasteiger partial charge is 0.231 e. The highest BCUT2D eigenvalue weighted by molar-refractivity contribution is 5.44. The Hall–Kier alpha value is -1.26. The van der Waals surface area contributed by atoms with Gasteiger partial charge in [0.25, 0.3) is 0 Å². The summed E-state index contributed by atoms with van der Waals surface area (Å²) in [5.74, 6) is 1.77. The van der Waals surface area contributed by atoms with Crippen LogP contribution >= 0.6 is 0 Å². The molecule has 0 atom stereocenters. The van der Waals surface area contributed by atoms with Crippen LogP contribution < -0.4 is 14.8 Å². The molecule has 0 unspecified atom stereocenters. The van der Waals surface area contributed by atoms with E-state index in [0.717, 1.165) is 18.0 Å². The summed E-state index contributed by atoms with van der Waals surface area (Å²) in [5.41, 5.74) is 1.89. The molecule has 3 aliphatic heterocycles. The van der Waals surface area contributed by atoms with Crippen molar-refractivity contribution in [3.05, 3.63) is 23.8 Å². The molecule has 3 heterocycles. The molecule has 2 fully saturated rings. The van der Waals surface area contributed by atoms with Gasteiger partial charge in [0.05, 0.1) is 0 Å². The van der Waals surface area contributed by atoms with Gasteiger partial charge in [0.1, 0.15) is 0 Å². The van der Waals surface area contributed by atoms with Gasteiger partial charge in [-0.05, 0) is 37.1 Å². The van der Waals surface area contributed by atoms with Crippen molar-refractivity contribution < 1.29 is 9.47 Å². The second kappa shape index (κ2) is 4.39. The van der Waals surface area contributed by atoms with Crippen LogP contribution in [0.3, 0.4) is 0 Å². The van der Waals surface area contributed by atoms with Crippen molar-refractivity contribution in [1.82, 2.24) is 10.2 Å². The van der Waals surface area contributed by atoms with Gasteiger partial charge in [-0.2, -0.15) is 0 Å². The van der Waals surface area contributed by atoms with Crippen LogP contribution in [0.2, 0.25) is 0 Å². The van der Waals surface area contributed by atoms with Crippen LogP contribution in [0.4, 0.5) is 0 Å². The predicted octanol–water partition coefficient (Wildman–Crippen LogP) is 1.60. The van der Waals surface area contributed by atoms with E-state index in [1.807, 2.05) is 6.07 Å². The fraction of sp³-hybridized carbons (Fsp3) is 0.600. The van der Waals surface area contributed by atoms with Crippen LogP contribution in [0.25, 0.3) is 0 Å². The van der Waals surface area contributed by atoms with E-state index >= 15 is 0 Å². The molecular formula is C15H20N2O2. The molecule has 4 rings (SSSR count). The minimum atomic E-state index is 0.358. The maximum Gasteiger partial charge on any atom is 0.231 e. The monoisotopic (exact) mass is 260 g/mol. The van der Waals surface area contributed by atoms with Crippen LogP contribution in [0.1, 0.15) is 18.4 Å². The van der Waals surface area contributed by atoms with Gasteiger partial charge >= 0.3 is 0 Å². The largest absolute Gasteiger partial charge is 0.454 e. The number of nitrogens with one attached hydrogen (secondary N) is 1. The van der Waals surface area contributed by atoms with Crippen molar-refractivity contribution in [3.63, 3.8) is 0 Å². The molecule has 1 N–H and O–H groups in total. The maximum atomic E-state index is 5.43. The average molecular weight is 260 g/mol. The zero-order valence-electron chi connectivity index (χ0n) is 11.2. The zero-order chi connectivity index (χ0) is 12.7. The minimum absolute atomic E-state index is 0.358. The summed E-state index contributed by atoms with van der Waals surface area (Å²) >= 11 is 0. The van der Waals surface area contributed by atoms with Crippen molar-refractivity contribution in [2.45, 2.75) is 19.4 Å². The number of hydrogen-bond acceptors (Lipinski definition) is 4. The quantitative estimate of drug-likeness (QED) is 0.876. The number of benzene rings is 1. The molecule has 2 saturated heterocycles. The van der Waals surface area contributed by atoms with E-state index < -0.39 is 0 Å². The van der Waals surface area contributed by atoms with Crippen molar-refractivity contribution >= 4 is 0 Å². The lowest BCUT2D eigenvalue weighted by molar-refractivity contribution is -0.0229. The molecule has 0 aromatic heterocycles. The molecule has 3 aliphatic rings. The van der Waals surface area contributed by atoms with Gasteiger partial charge in [0, 0.05) is 31.6 Å². The summed E-state index contributed by atoms with van der Waals surface area (Å²) in [6.07, 6.45) is 2.72. The van der Waals surface area contributed by atoms with E-state index in [0.29, 0.717) is 12.2 Å². The van der Waals surface area contributed by atoms with E-state index in [9.17, 15) is 0 Å². The highest BCUT2D eigenvalue weighted by Crippen LogP contribution is 2.38. The van der Waals surface area contributed by atoms with Crippen LogP contribution in [0, 0.1) is 5.41 Å². The van der Waals surface area contributed by atoms with Crippen molar-refractivity contribution in [3.8, 4) is 11.5 Å². The highest BCUT2D eigenvalue weighted by atomic mass is 16.7. The fourth-order valence-corrected chi connectivity index (χ4v) is 3.61. The number of fused-ring (bicyclic) bond motifs is 1. The van der Waals surface area contributed by atoms with Crippen LogP contribution in [0.5, 0.6) is 11.5 Å². The van der Waals surface area contributed by atoms with E-state index in [1.165, 1.54) is 44.6 Å². The second-order valence-electron chi connectivity index (χ2n) is 6.11. The molecule has 0 amide bonds. The number of nitrogens with zero attached hydrogens (tertiary/aromatic N) is 1. The van der Waals surface area contributed by atoms with Gasteiger partial charge in [-0.15, -0.1) is 0 Å². The third-order valence-corrected chi connectivity index (χ3v) is 4.52. The first kappa shape index (κ1) is 11.6. The first-order valence-electron chi connectivity index (χ1n) is 7.15. The normalized spacial score (nSPS) is 24.4. The van der Waals surface area contributed by atoms with E-state index in [1.54, 1.807) is 0 Å². The Balaban J connectivity index is 1.38. The van der Waals surface area contributed by atoms with E-state index in [2.05, 4.69) is 22.3 Å². The molecule has 4 heteroatoms. The Bertz CT molecular complexity index is 475. The molecule has 0 saturated carbocycles. The number of hydrogen-bond donors (Lipinski definition) is 1. The summed E-state index contributed by atoms with van der Waals surface area (Å²) in [5, 5.41) is 3.53. The van der Waals surface area contributed by atoms with Gasteiger partial charge < -0.3 is 14.8 Å². The lowest BCUT2D eigenvalue weighted by Crippen LogP contribution is -2.61. The minimum Gasteiger partial charge on any atom is -0.454 e. The molecule has 4 nitrogen and oxygen atoms in total. The third-order valence-electron chi connectivity index (χ3n) is 4.52. The Morgan fingerprint density at radius 3 is 2.95 bits per heavy atom. The van der Waals surface area contributed by atoms with Gasteiger partial charge in [-0.3, -0.25) is 4.90 Å². The predicted molar refractivity (Wildman–Crippen MR) is 72.4 cm³/mol. The van der Waals surface area contributed by atoms with Crippen LogP contribution in [-0.2, 0) is 6.54 Å². The Labute approximate surface area is 113 Å². The summed E-state index contributed by atoms with van der Waals surface area (Å²) in [7, 11) is 0. The second-order valence-corrected chi connectivity index (χ2v) is 6.11. The molecule has 1 spiro atoms. The first-order valence-corrected chi connectivity index (χ1v) is 7.15. The van der Waals surface area contributed by atoms with Gasteiger partial charge in [-0.1, -0.05) is 6.07 Å². The van der Waals surface area contributed by atoms with Crippen molar-refractivity contribution in [2.75, 3.05) is 33.0 Å². The number of ether oxygens (including phenoxy) is 2. The van der Waals surface area contributed by atoms with Crippen LogP contribution in [-0.4, -0.2) is 37.9 Å². The molecule has 0 aliphatic carbocycles. The summed E-state index contributed by atoms with van der Waals surface area (Å²) in [6, 6.07) is 6.29. The lowest BCUT2D eigenvalue weighted by atomic mass is 9.74. The van der Waals surface area contributed by atoms with Crippen LogP contribution in [0.15, 0.2) is 18.2 Å². The number of rotatable bonds is 2. The maximum absolute atomic E-state index is 5.43. The molecule has 0 radical (unpaired) electrons. The van der Waals surface area contributed by atoms with E-state index in [-0.39, 0.29) is 0 Å². The first-order chi connectivity index (χ1) is 9.33. The van der Waals surface area contributed by atoms with Gasteiger partial charge in [-0.25, -0.2) is 0 Å². The SMILES string of the molecule is c1cc2c(cc1CN1CC3(CCCNC3)C1)OCO2. The van der Waals surface area contributed by atoms with Crippen molar-refractivity contribution in [2.24, 2.45) is 5.41 Å². The molecule has 1 aromatic carbocycles. The van der Waals surface area contributed by atoms with Gasteiger partial charge in [0.2, 0.25) is 6.79 Å². The van der Waals surface area contributed by atoms with Gasteiger partial charge in [0.15, 0.2) is 11.5 Å². The molecular weight excluding hydrogens is 240 g/mol. The summed E-state index contributed by atoms with van der Waals surface area (Å²) < 4.78 is 10.8. The third kappa shape index (κ3) is 2.09. The Morgan fingerprint density at radius 1 is 1.21 bits per heavy atom. The summed E-state index contributed by atoms with van der Waals surface area (Å²) in [4.78, 5) is 2.53. The number of piperidine rings is 1. The Morgan fingerprint density at radius 2 is 2.11 bits per heavy atom. The highest BCUT2D eigenvalue weighted by Gasteiger charge is 2.43. The Kier molecular flexibility index (Phi) is 2.67.